The minimum Gasteiger partial charge on any atom is -0.467 e. The van der Waals surface area contributed by atoms with Gasteiger partial charge in [-0.25, -0.2) is 0 Å². The Morgan fingerprint density at radius 1 is 1.33 bits per heavy atom. The number of ether oxygens (including phenoxy) is 1. The molecule has 0 aromatic carbocycles. The van der Waals surface area contributed by atoms with Gasteiger partial charge >= 0.3 is 0 Å². The zero-order valence-corrected chi connectivity index (χ0v) is 19.0. The maximum Gasteiger partial charge on any atom is 0.230 e. The van der Waals surface area contributed by atoms with Crippen LogP contribution in [0.5, 0.6) is 0 Å². The molecule has 0 spiro atoms. The Morgan fingerprint density at radius 2 is 2.07 bits per heavy atom. The van der Waals surface area contributed by atoms with Gasteiger partial charge in [-0.3, -0.25) is 9.79 Å². The van der Waals surface area contributed by atoms with E-state index in [0.717, 1.165) is 50.4 Å². The van der Waals surface area contributed by atoms with Crippen molar-refractivity contribution in [3.8, 4) is 0 Å². The normalized spacial score (nSPS) is 15.9. The molecule has 2 N–H and O–H groups in total. The van der Waals surface area contributed by atoms with E-state index in [1.807, 2.05) is 26.2 Å². The first-order valence-electron chi connectivity index (χ1n) is 9.34. The van der Waals surface area contributed by atoms with Crippen molar-refractivity contribution >= 4 is 35.8 Å². The molecule has 0 radical (unpaired) electrons. The first-order valence-corrected chi connectivity index (χ1v) is 9.34. The quantitative estimate of drug-likeness (QED) is 0.240. The second-order valence-corrected chi connectivity index (χ2v) is 7.03. The fraction of sp³-hybridized carbons (Fsp3) is 0.684. The molecule has 1 amide bonds. The lowest BCUT2D eigenvalue weighted by molar-refractivity contribution is -0.138. The fourth-order valence-corrected chi connectivity index (χ4v) is 3.41. The van der Waals surface area contributed by atoms with Crippen LogP contribution in [-0.4, -0.2) is 57.6 Å². The molecule has 1 aliphatic rings. The molecule has 1 aromatic heterocycles. The summed E-state index contributed by atoms with van der Waals surface area (Å²) in [6.07, 6.45) is 6.61. The fourth-order valence-electron chi connectivity index (χ4n) is 3.41. The molecule has 1 saturated carbocycles. The minimum atomic E-state index is -0.298. The predicted octanol–water partition coefficient (Wildman–Crippen LogP) is 2.62. The standard InChI is InChI=1S/C19H32N4O3.HI/c1-20-18(21-11-7-12-25-14-16-8-6-13-26-16)22-15-19(9-4-5-10-19)17(24)23(2)3;/h6,8,13H,4-5,7,9-12,14-15H2,1-3H3,(H2,20,21,22);1H. The van der Waals surface area contributed by atoms with E-state index in [4.69, 9.17) is 9.15 Å². The van der Waals surface area contributed by atoms with Crippen molar-refractivity contribution in [2.45, 2.75) is 38.7 Å². The van der Waals surface area contributed by atoms with Crippen LogP contribution in [0.2, 0.25) is 0 Å². The van der Waals surface area contributed by atoms with Gasteiger partial charge in [0, 0.05) is 40.8 Å². The summed E-state index contributed by atoms with van der Waals surface area (Å²) in [7, 11) is 5.41. The highest BCUT2D eigenvalue weighted by Gasteiger charge is 2.42. The van der Waals surface area contributed by atoms with Gasteiger partial charge in [0.25, 0.3) is 0 Å². The first-order chi connectivity index (χ1) is 12.6. The third-order valence-electron chi connectivity index (χ3n) is 4.82. The summed E-state index contributed by atoms with van der Waals surface area (Å²) in [6, 6.07) is 3.76. The first kappa shape index (κ1) is 23.7. The minimum absolute atomic E-state index is 0. The van der Waals surface area contributed by atoms with E-state index in [0.29, 0.717) is 19.8 Å². The molecule has 7 nitrogen and oxygen atoms in total. The number of halogens is 1. The van der Waals surface area contributed by atoms with E-state index in [9.17, 15) is 4.79 Å². The number of carbonyl (C=O) groups is 1. The van der Waals surface area contributed by atoms with Crippen molar-refractivity contribution in [2.24, 2.45) is 10.4 Å². The van der Waals surface area contributed by atoms with Crippen LogP contribution in [0.3, 0.4) is 0 Å². The maximum atomic E-state index is 12.6. The average molecular weight is 492 g/mol. The topological polar surface area (TPSA) is 79.1 Å². The number of rotatable bonds is 9. The van der Waals surface area contributed by atoms with Crippen LogP contribution < -0.4 is 10.6 Å². The van der Waals surface area contributed by atoms with E-state index in [1.54, 1.807) is 18.2 Å². The molecule has 0 unspecified atom stereocenters. The van der Waals surface area contributed by atoms with Crippen LogP contribution in [0.25, 0.3) is 0 Å². The molecular weight excluding hydrogens is 459 g/mol. The molecule has 1 aromatic rings. The molecule has 0 saturated heterocycles. The maximum absolute atomic E-state index is 12.6. The van der Waals surface area contributed by atoms with Crippen LogP contribution in [0.4, 0.5) is 0 Å². The Labute approximate surface area is 179 Å². The van der Waals surface area contributed by atoms with Crippen molar-refractivity contribution in [3.05, 3.63) is 24.2 Å². The largest absolute Gasteiger partial charge is 0.467 e. The molecule has 1 heterocycles. The highest BCUT2D eigenvalue weighted by molar-refractivity contribution is 14.0. The van der Waals surface area contributed by atoms with Crippen molar-refractivity contribution < 1.29 is 13.9 Å². The summed E-state index contributed by atoms with van der Waals surface area (Å²) >= 11 is 0. The molecular formula is C19H33IN4O3. The van der Waals surface area contributed by atoms with Gasteiger partial charge < -0.3 is 24.7 Å². The summed E-state index contributed by atoms with van der Waals surface area (Å²) in [6.45, 7) is 2.52. The Morgan fingerprint density at radius 3 is 2.67 bits per heavy atom. The zero-order chi connectivity index (χ0) is 18.8. The van der Waals surface area contributed by atoms with E-state index in [1.165, 1.54) is 0 Å². The summed E-state index contributed by atoms with van der Waals surface area (Å²) in [5.74, 6) is 1.78. The number of aliphatic imine (C=N–C) groups is 1. The summed E-state index contributed by atoms with van der Waals surface area (Å²) in [5.41, 5.74) is -0.298. The second-order valence-electron chi connectivity index (χ2n) is 7.03. The van der Waals surface area contributed by atoms with Gasteiger partial charge in [-0.05, 0) is 31.4 Å². The lowest BCUT2D eigenvalue weighted by Crippen LogP contribution is -2.49. The number of carbonyl (C=O) groups excluding carboxylic acids is 1. The molecule has 8 heteroatoms. The molecule has 27 heavy (non-hydrogen) atoms. The Balaban J connectivity index is 0.00000364. The van der Waals surface area contributed by atoms with Gasteiger partial charge in [0.2, 0.25) is 5.91 Å². The predicted molar refractivity (Wildman–Crippen MR) is 117 cm³/mol. The second kappa shape index (κ2) is 12.2. The number of hydrogen-bond donors (Lipinski definition) is 2. The van der Waals surface area contributed by atoms with Crippen LogP contribution >= 0.6 is 24.0 Å². The average Bonchev–Trinajstić information content (AvgIpc) is 3.32. The van der Waals surface area contributed by atoms with Gasteiger partial charge in [-0.1, -0.05) is 12.8 Å². The third kappa shape index (κ3) is 7.33. The number of amides is 1. The van der Waals surface area contributed by atoms with Gasteiger partial charge in [0.05, 0.1) is 11.7 Å². The van der Waals surface area contributed by atoms with Crippen LogP contribution in [0, 0.1) is 5.41 Å². The Kier molecular flexibility index (Phi) is 10.8. The highest BCUT2D eigenvalue weighted by Crippen LogP contribution is 2.38. The van der Waals surface area contributed by atoms with E-state index in [2.05, 4.69) is 15.6 Å². The number of nitrogens with one attached hydrogen (secondary N) is 2. The lowest BCUT2D eigenvalue weighted by Gasteiger charge is -2.31. The summed E-state index contributed by atoms with van der Waals surface area (Å²) < 4.78 is 10.8. The third-order valence-corrected chi connectivity index (χ3v) is 4.82. The molecule has 154 valence electrons. The lowest BCUT2D eigenvalue weighted by atomic mass is 9.84. The number of guanidine groups is 1. The van der Waals surface area contributed by atoms with Gasteiger partial charge in [0.1, 0.15) is 12.4 Å². The van der Waals surface area contributed by atoms with Crippen LogP contribution in [0.1, 0.15) is 37.9 Å². The number of nitrogens with zero attached hydrogens (tertiary/aromatic N) is 2. The van der Waals surface area contributed by atoms with Gasteiger partial charge in [-0.2, -0.15) is 0 Å². The van der Waals surface area contributed by atoms with Crippen molar-refractivity contribution in [3.63, 3.8) is 0 Å². The van der Waals surface area contributed by atoms with Gasteiger partial charge in [0.15, 0.2) is 5.96 Å². The summed E-state index contributed by atoms with van der Waals surface area (Å²) in [5, 5.41) is 6.62. The van der Waals surface area contributed by atoms with E-state index >= 15 is 0 Å². The SMILES string of the molecule is CN=C(NCCCOCc1ccco1)NCC1(C(=O)N(C)C)CCCC1.I. The molecule has 2 rings (SSSR count). The number of furan rings is 1. The zero-order valence-electron chi connectivity index (χ0n) is 16.6. The van der Waals surface area contributed by atoms with Crippen molar-refractivity contribution in [1.82, 2.24) is 15.5 Å². The van der Waals surface area contributed by atoms with Crippen molar-refractivity contribution in [1.29, 1.82) is 0 Å². The van der Waals surface area contributed by atoms with Crippen molar-refractivity contribution in [2.75, 3.05) is 40.8 Å². The highest BCUT2D eigenvalue weighted by atomic mass is 127. The Bertz CT molecular complexity index is 570. The molecule has 0 atom stereocenters. The smallest absolute Gasteiger partial charge is 0.230 e. The van der Waals surface area contributed by atoms with E-state index < -0.39 is 0 Å². The Hall–Kier alpha value is -1.29. The monoisotopic (exact) mass is 492 g/mol. The van der Waals surface area contributed by atoms with Crippen LogP contribution in [0.15, 0.2) is 27.8 Å². The number of hydrogen-bond acceptors (Lipinski definition) is 4. The van der Waals surface area contributed by atoms with Gasteiger partial charge in [-0.15, -0.1) is 24.0 Å². The van der Waals surface area contributed by atoms with E-state index in [-0.39, 0.29) is 35.3 Å². The molecule has 0 aliphatic heterocycles. The molecule has 1 fully saturated rings. The molecule has 1 aliphatic carbocycles. The molecule has 0 bridgehead atoms. The van der Waals surface area contributed by atoms with Crippen LogP contribution in [-0.2, 0) is 16.1 Å². The summed E-state index contributed by atoms with van der Waals surface area (Å²) in [4.78, 5) is 18.6.